The second-order valence-electron chi connectivity index (χ2n) is 6.11. The number of aromatic nitrogens is 2. The molecule has 2 atom stereocenters. The average molecular weight is 319 g/mol. The number of nitrogens with zero attached hydrogens (tertiary/aromatic N) is 2. The van der Waals surface area contributed by atoms with Gasteiger partial charge in [-0.15, -0.1) is 0 Å². The van der Waals surface area contributed by atoms with Crippen LogP contribution in [0.4, 0.5) is 4.39 Å². The third-order valence-corrected chi connectivity index (χ3v) is 3.89. The van der Waals surface area contributed by atoms with Crippen molar-refractivity contribution in [2.75, 3.05) is 6.54 Å². The lowest BCUT2D eigenvalue weighted by atomic mass is 9.96. The number of aliphatic hydroxyl groups is 1. The van der Waals surface area contributed by atoms with Gasteiger partial charge in [0.2, 0.25) is 5.91 Å². The second kappa shape index (κ2) is 6.91. The molecule has 0 radical (unpaired) electrons. The van der Waals surface area contributed by atoms with E-state index in [4.69, 9.17) is 0 Å². The quantitative estimate of drug-likeness (QED) is 0.856. The molecule has 0 aliphatic carbocycles. The van der Waals surface area contributed by atoms with Crippen LogP contribution in [-0.2, 0) is 17.4 Å². The predicted octanol–water partition coefficient (Wildman–Crippen LogP) is 2.08. The maximum atomic E-state index is 12.9. The molecular formula is C17H22FN3O2. The van der Waals surface area contributed by atoms with E-state index in [9.17, 15) is 14.3 Å². The Balaban J connectivity index is 1.88. The second-order valence-corrected chi connectivity index (χ2v) is 6.11. The molecule has 0 spiro atoms. The van der Waals surface area contributed by atoms with Crippen LogP contribution in [0, 0.1) is 5.82 Å². The number of halogens is 1. The molecule has 5 nitrogen and oxygen atoms in total. The lowest BCUT2D eigenvalue weighted by molar-refractivity contribution is -0.122. The van der Waals surface area contributed by atoms with Gasteiger partial charge < -0.3 is 10.4 Å². The van der Waals surface area contributed by atoms with Gasteiger partial charge in [-0.25, -0.2) is 4.39 Å². The number of carbonyl (C=O) groups excluding carboxylic acids is 1. The summed E-state index contributed by atoms with van der Waals surface area (Å²) in [5, 5.41) is 17.2. The number of hydrogen-bond donors (Lipinski definition) is 2. The summed E-state index contributed by atoms with van der Waals surface area (Å²) >= 11 is 0. The van der Waals surface area contributed by atoms with E-state index in [-0.39, 0.29) is 30.6 Å². The highest BCUT2D eigenvalue weighted by atomic mass is 19.1. The molecule has 1 aromatic heterocycles. The van der Waals surface area contributed by atoms with E-state index < -0.39 is 5.60 Å². The number of rotatable bonds is 6. The molecule has 1 aromatic carbocycles. The third-order valence-electron chi connectivity index (χ3n) is 3.89. The Morgan fingerprint density at radius 2 is 2.09 bits per heavy atom. The fourth-order valence-corrected chi connectivity index (χ4v) is 2.33. The fourth-order valence-electron chi connectivity index (χ4n) is 2.33. The zero-order chi connectivity index (χ0) is 17.0. The number of benzene rings is 1. The average Bonchev–Trinajstić information content (AvgIpc) is 2.93. The molecule has 2 aromatic rings. The lowest BCUT2D eigenvalue weighted by Crippen LogP contribution is -2.38. The molecule has 0 saturated heterocycles. The van der Waals surface area contributed by atoms with Crippen molar-refractivity contribution in [3.05, 3.63) is 53.6 Å². The van der Waals surface area contributed by atoms with Crippen LogP contribution >= 0.6 is 0 Å². The van der Waals surface area contributed by atoms with E-state index in [1.54, 1.807) is 43.2 Å². The summed E-state index contributed by atoms with van der Waals surface area (Å²) in [7, 11) is 1.77. The topological polar surface area (TPSA) is 67.2 Å². The summed E-state index contributed by atoms with van der Waals surface area (Å²) in [5.74, 6) is -0.483. The normalized spacial score (nSPS) is 15.0. The minimum atomic E-state index is -1.18. The van der Waals surface area contributed by atoms with Crippen LogP contribution in [0.15, 0.2) is 36.7 Å². The molecule has 124 valence electrons. The molecule has 0 bridgehead atoms. The van der Waals surface area contributed by atoms with Crippen molar-refractivity contribution < 1.29 is 14.3 Å². The maximum absolute atomic E-state index is 12.9. The summed E-state index contributed by atoms with van der Waals surface area (Å²) in [6.07, 6.45) is 3.56. The Labute approximate surface area is 135 Å². The molecule has 0 fully saturated rings. The first kappa shape index (κ1) is 17.1. The minimum Gasteiger partial charge on any atom is -0.383 e. The number of carbonyl (C=O) groups is 1. The molecule has 0 unspecified atom stereocenters. The molecule has 0 saturated carbocycles. The van der Waals surface area contributed by atoms with Crippen molar-refractivity contribution in [3.63, 3.8) is 0 Å². The number of nitrogens with one attached hydrogen (secondary N) is 1. The summed E-state index contributed by atoms with van der Waals surface area (Å²) in [6, 6.07) is 6.13. The lowest BCUT2D eigenvalue weighted by Gasteiger charge is -2.22. The Morgan fingerprint density at radius 1 is 1.43 bits per heavy atom. The smallest absolute Gasteiger partial charge is 0.220 e. The summed E-state index contributed by atoms with van der Waals surface area (Å²) in [4.78, 5) is 12.1. The third kappa shape index (κ3) is 4.63. The molecule has 2 rings (SSSR count). The van der Waals surface area contributed by atoms with Crippen LogP contribution in [0.3, 0.4) is 0 Å². The minimum absolute atomic E-state index is 0.0288. The standard InChI is InChI=1S/C17H22FN3O2/c1-12(13-4-6-15(18)7-5-13)8-16(22)19-11-17(2,23)14-9-20-21(3)10-14/h4-7,9-10,12,23H,8,11H2,1-3H3,(H,19,22)/t12-,17-/m0/s1. The molecular weight excluding hydrogens is 297 g/mol. The van der Waals surface area contributed by atoms with E-state index in [0.717, 1.165) is 5.56 Å². The van der Waals surface area contributed by atoms with Gasteiger partial charge in [-0.3, -0.25) is 9.48 Å². The van der Waals surface area contributed by atoms with Crippen LogP contribution in [-0.4, -0.2) is 27.3 Å². The molecule has 0 aliphatic heterocycles. The van der Waals surface area contributed by atoms with Crippen molar-refractivity contribution in [3.8, 4) is 0 Å². The van der Waals surface area contributed by atoms with Gasteiger partial charge in [0.15, 0.2) is 0 Å². The highest BCUT2D eigenvalue weighted by molar-refractivity contribution is 5.76. The van der Waals surface area contributed by atoms with Gasteiger partial charge >= 0.3 is 0 Å². The molecule has 1 amide bonds. The van der Waals surface area contributed by atoms with Gasteiger partial charge in [-0.2, -0.15) is 5.10 Å². The Hall–Kier alpha value is -2.21. The van der Waals surface area contributed by atoms with Crippen LogP contribution in [0.1, 0.15) is 37.3 Å². The Bertz CT molecular complexity index is 665. The zero-order valence-electron chi connectivity index (χ0n) is 13.6. The van der Waals surface area contributed by atoms with E-state index in [2.05, 4.69) is 10.4 Å². The van der Waals surface area contributed by atoms with Crippen LogP contribution in [0.25, 0.3) is 0 Å². The van der Waals surface area contributed by atoms with Crippen LogP contribution in [0.5, 0.6) is 0 Å². The van der Waals surface area contributed by atoms with E-state index >= 15 is 0 Å². The Morgan fingerprint density at radius 3 is 2.65 bits per heavy atom. The SMILES string of the molecule is C[C@@H](CC(=O)NC[C@](C)(O)c1cnn(C)c1)c1ccc(F)cc1. The molecule has 0 aliphatic rings. The first-order chi connectivity index (χ1) is 10.8. The predicted molar refractivity (Wildman–Crippen MR) is 85.2 cm³/mol. The van der Waals surface area contributed by atoms with Gasteiger partial charge in [-0.05, 0) is 30.5 Å². The van der Waals surface area contributed by atoms with Crippen molar-refractivity contribution in [1.29, 1.82) is 0 Å². The van der Waals surface area contributed by atoms with E-state index in [1.807, 2.05) is 6.92 Å². The molecule has 23 heavy (non-hydrogen) atoms. The van der Waals surface area contributed by atoms with Crippen molar-refractivity contribution in [2.45, 2.75) is 31.8 Å². The van der Waals surface area contributed by atoms with Crippen molar-refractivity contribution in [2.24, 2.45) is 7.05 Å². The Kier molecular flexibility index (Phi) is 5.15. The maximum Gasteiger partial charge on any atom is 0.220 e. The summed E-state index contributed by atoms with van der Waals surface area (Å²) < 4.78 is 14.5. The van der Waals surface area contributed by atoms with Gasteiger partial charge in [0.05, 0.1) is 12.7 Å². The van der Waals surface area contributed by atoms with Crippen LogP contribution in [0.2, 0.25) is 0 Å². The van der Waals surface area contributed by atoms with Crippen molar-refractivity contribution in [1.82, 2.24) is 15.1 Å². The largest absolute Gasteiger partial charge is 0.383 e. The first-order valence-corrected chi connectivity index (χ1v) is 7.51. The van der Waals surface area contributed by atoms with Gasteiger partial charge in [0.1, 0.15) is 11.4 Å². The van der Waals surface area contributed by atoms with Gasteiger partial charge in [0, 0.05) is 25.2 Å². The summed E-state index contributed by atoms with van der Waals surface area (Å²) in [5.41, 5.74) is 0.371. The fraction of sp³-hybridized carbons (Fsp3) is 0.412. The molecule has 2 N–H and O–H groups in total. The molecule has 1 heterocycles. The van der Waals surface area contributed by atoms with Gasteiger partial charge in [0.25, 0.3) is 0 Å². The molecule has 6 heteroatoms. The van der Waals surface area contributed by atoms with Gasteiger partial charge in [-0.1, -0.05) is 19.1 Å². The van der Waals surface area contributed by atoms with Crippen molar-refractivity contribution >= 4 is 5.91 Å². The van der Waals surface area contributed by atoms with E-state index in [1.165, 1.54) is 12.1 Å². The van der Waals surface area contributed by atoms with E-state index in [0.29, 0.717) is 5.56 Å². The number of hydrogen-bond acceptors (Lipinski definition) is 3. The van der Waals surface area contributed by atoms with Crippen LogP contribution < -0.4 is 5.32 Å². The zero-order valence-corrected chi connectivity index (χ0v) is 13.6. The highest BCUT2D eigenvalue weighted by Gasteiger charge is 2.25. The monoisotopic (exact) mass is 319 g/mol. The first-order valence-electron chi connectivity index (χ1n) is 7.51. The summed E-state index contributed by atoms with van der Waals surface area (Å²) in [6.45, 7) is 3.65. The number of aryl methyl sites for hydroxylation is 1. The highest BCUT2D eigenvalue weighted by Crippen LogP contribution is 2.21. The number of amides is 1.